The number of thiophene rings is 1. The molecule has 8 heteroatoms. The van der Waals surface area contributed by atoms with Crippen molar-refractivity contribution in [3.63, 3.8) is 0 Å². The van der Waals surface area contributed by atoms with E-state index < -0.39 is 0 Å². The van der Waals surface area contributed by atoms with Gasteiger partial charge >= 0.3 is 0 Å². The zero-order valence-electron chi connectivity index (χ0n) is 17.1. The molecule has 0 bridgehead atoms. The molecular formula is C21H27N5OS2. The maximum absolute atomic E-state index is 6.07. The van der Waals surface area contributed by atoms with Crippen LogP contribution in [-0.2, 0) is 6.54 Å². The highest BCUT2D eigenvalue weighted by atomic mass is 32.2. The van der Waals surface area contributed by atoms with Gasteiger partial charge in [-0.3, -0.25) is 4.90 Å². The van der Waals surface area contributed by atoms with Gasteiger partial charge in [0.05, 0.1) is 6.54 Å². The van der Waals surface area contributed by atoms with Crippen LogP contribution in [-0.4, -0.2) is 38.2 Å². The van der Waals surface area contributed by atoms with E-state index in [2.05, 4.69) is 28.9 Å². The van der Waals surface area contributed by atoms with E-state index in [-0.39, 0.29) is 0 Å². The highest BCUT2D eigenvalue weighted by Crippen LogP contribution is 2.39. The van der Waals surface area contributed by atoms with Crippen molar-refractivity contribution in [3.8, 4) is 0 Å². The highest BCUT2D eigenvalue weighted by Gasteiger charge is 2.23. The lowest BCUT2D eigenvalue weighted by atomic mass is 9.89. The number of aromatic nitrogens is 4. The molecule has 3 aromatic heterocycles. The van der Waals surface area contributed by atoms with Gasteiger partial charge in [-0.2, -0.15) is 0 Å². The third kappa shape index (κ3) is 4.07. The van der Waals surface area contributed by atoms with Crippen LogP contribution in [0.4, 0.5) is 0 Å². The van der Waals surface area contributed by atoms with Crippen LogP contribution in [0.5, 0.6) is 0 Å². The third-order valence-electron chi connectivity index (χ3n) is 6.17. The van der Waals surface area contributed by atoms with Crippen LogP contribution in [0.1, 0.15) is 73.0 Å². The van der Waals surface area contributed by atoms with Crippen molar-refractivity contribution in [1.29, 1.82) is 0 Å². The lowest BCUT2D eigenvalue weighted by Gasteiger charge is -2.17. The largest absolute Gasteiger partial charge is 0.415 e. The molecule has 1 saturated heterocycles. The summed E-state index contributed by atoms with van der Waals surface area (Å²) in [6, 6.07) is 0. The number of likely N-dealkylation sites (tertiary alicyclic amines) is 1. The van der Waals surface area contributed by atoms with Crippen LogP contribution < -0.4 is 0 Å². The first-order chi connectivity index (χ1) is 14.2. The van der Waals surface area contributed by atoms with Crippen molar-refractivity contribution in [1.82, 2.24) is 25.1 Å². The second-order valence-electron chi connectivity index (χ2n) is 8.23. The molecule has 4 heterocycles. The molecule has 3 aromatic rings. The quantitative estimate of drug-likeness (QED) is 0.497. The minimum Gasteiger partial charge on any atom is -0.415 e. The zero-order valence-corrected chi connectivity index (χ0v) is 18.7. The molecule has 0 radical (unpaired) electrons. The second-order valence-corrected chi connectivity index (χ2v) is 10.4. The fourth-order valence-electron chi connectivity index (χ4n) is 4.40. The monoisotopic (exact) mass is 429 g/mol. The van der Waals surface area contributed by atoms with E-state index in [4.69, 9.17) is 14.4 Å². The van der Waals surface area contributed by atoms with Gasteiger partial charge < -0.3 is 4.42 Å². The number of hydrogen-bond donors (Lipinski definition) is 0. The molecule has 29 heavy (non-hydrogen) atoms. The summed E-state index contributed by atoms with van der Waals surface area (Å²) in [6.07, 6.45) is 8.70. The number of aryl methyl sites for hydroxylation is 2. The summed E-state index contributed by atoms with van der Waals surface area (Å²) in [5.41, 5.74) is 1.26. The Hall–Kier alpha value is -1.51. The van der Waals surface area contributed by atoms with Crippen LogP contribution >= 0.6 is 23.1 Å². The molecule has 0 amide bonds. The van der Waals surface area contributed by atoms with E-state index in [9.17, 15) is 0 Å². The first-order valence-corrected chi connectivity index (χ1v) is 12.3. The fraction of sp³-hybridized carbons (Fsp3) is 0.619. The summed E-state index contributed by atoms with van der Waals surface area (Å²) in [5.74, 6) is 2.12. The van der Waals surface area contributed by atoms with Crippen molar-refractivity contribution in [2.24, 2.45) is 0 Å². The Balaban J connectivity index is 1.45. The highest BCUT2D eigenvalue weighted by molar-refractivity contribution is 7.99. The number of nitrogens with zero attached hydrogens (tertiary/aromatic N) is 5. The lowest BCUT2D eigenvalue weighted by Crippen LogP contribution is -2.20. The molecule has 1 aliphatic heterocycles. The van der Waals surface area contributed by atoms with Crippen LogP contribution in [0, 0.1) is 13.8 Å². The van der Waals surface area contributed by atoms with Crippen LogP contribution in [0.2, 0.25) is 0 Å². The van der Waals surface area contributed by atoms with Crippen LogP contribution in [0.15, 0.2) is 14.7 Å². The third-order valence-corrected chi connectivity index (χ3v) is 8.10. The lowest BCUT2D eigenvalue weighted by molar-refractivity contribution is 0.322. The molecule has 1 saturated carbocycles. The van der Waals surface area contributed by atoms with Crippen LogP contribution in [0.25, 0.3) is 10.2 Å². The second kappa shape index (κ2) is 8.32. The van der Waals surface area contributed by atoms with Crippen molar-refractivity contribution in [2.75, 3.05) is 13.1 Å². The van der Waals surface area contributed by atoms with Crippen molar-refractivity contribution >= 4 is 33.3 Å². The van der Waals surface area contributed by atoms with Gasteiger partial charge in [-0.1, -0.05) is 19.3 Å². The average molecular weight is 430 g/mol. The number of hydrogen-bond acceptors (Lipinski definition) is 8. The van der Waals surface area contributed by atoms with Gasteiger partial charge in [-0.15, -0.1) is 21.5 Å². The SMILES string of the molecule is Cc1sc2nc(CN3CCCC3)nc(Sc3nnc(C4CCCCC4)o3)c2c1C. The van der Waals surface area contributed by atoms with E-state index in [0.29, 0.717) is 11.1 Å². The van der Waals surface area contributed by atoms with Gasteiger partial charge in [0, 0.05) is 16.2 Å². The van der Waals surface area contributed by atoms with E-state index in [1.165, 1.54) is 54.3 Å². The Bertz CT molecular complexity index is 1000. The summed E-state index contributed by atoms with van der Waals surface area (Å²) < 4.78 is 6.07. The minimum absolute atomic E-state index is 0.423. The van der Waals surface area contributed by atoms with Gasteiger partial charge in [0.2, 0.25) is 5.89 Å². The zero-order chi connectivity index (χ0) is 19.8. The normalized spacial score (nSPS) is 18.8. The Morgan fingerprint density at radius 2 is 1.83 bits per heavy atom. The first-order valence-electron chi connectivity index (χ1n) is 10.7. The molecular weight excluding hydrogens is 402 g/mol. The minimum atomic E-state index is 0.423. The standard InChI is InChI=1S/C21H27N5OS2/c1-13-14(2)28-19-17(13)20(23-16(22-19)12-26-10-6-7-11-26)29-21-25-24-18(27-21)15-8-4-3-5-9-15/h15H,3-12H2,1-2H3. The average Bonchev–Trinajstić information content (AvgIpc) is 3.45. The Labute approximate surface area is 179 Å². The van der Waals surface area contributed by atoms with Crippen molar-refractivity contribution < 1.29 is 4.42 Å². The topological polar surface area (TPSA) is 67.9 Å². The van der Waals surface area contributed by atoms with E-state index in [0.717, 1.165) is 59.4 Å². The summed E-state index contributed by atoms with van der Waals surface area (Å²) in [6.45, 7) is 7.41. The predicted octanol–water partition coefficient (Wildman–Crippen LogP) is 5.49. The Morgan fingerprint density at radius 1 is 1.03 bits per heavy atom. The van der Waals surface area contributed by atoms with E-state index in [1.54, 1.807) is 11.3 Å². The summed E-state index contributed by atoms with van der Waals surface area (Å²) in [7, 11) is 0. The molecule has 0 N–H and O–H groups in total. The summed E-state index contributed by atoms with van der Waals surface area (Å²) >= 11 is 3.25. The molecule has 1 aliphatic carbocycles. The molecule has 2 fully saturated rings. The Morgan fingerprint density at radius 3 is 2.62 bits per heavy atom. The van der Waals surface area contributed by atoms with E-state index >= 15 is 0 Å². The van der Waals surface area contributed by atoms with Crippen molar-refractivity contribution in [3.05, 3.63) is 22.2 Å². The van der Waals surface area contributed by atoms with Gasteiger partial charge in [0.25, 0.3) is 5.22 Å². The summed E-state index contributed by atoms with van der Waals surface area (Å²) in [4.78, 5) is 14.6. The fourth-order valence-corrected chi connectivity index (χ4v) is 6.39. The number of rotatable bonds is 5. The van der Waals surface area contributed by atoms with Gasteiger partial charge in [0.15, 0.2) is 0 Å². The molecule has 0 spiro atoms. The molecule has 154 valence electrons. The van der Waals surface area contributed by atoms with Gasteiger partial charge in [0.1, 0.15) is 15.7 Å². The maximum Gasteiger partial charge on any atom is 0.282 e. The van der Waals surface area contributed by atoms with Gasteiger partial charge in [-0.05, 0) is 69.9 Å². The first kappa shape index (κ1) is 19.5. The Kier molecular flexibility index (Phi) is 5.58. The maximum atomic E-state index is 6.07. The molecule has 0 atom stereocenters. The van der Waals surface area contributed by atoms with Gasteiger partial charge in [-0.25, -0.2) is 9.97 Å². The molecule has 0 aromatic carbocycles. The van der Waals surface area contributed by atoms with Crippen LogP contribution in [0.3, 0.4) is 0 Å². The predicted molar refractivity (Wildman–Crippen MR) is 116 cm³/mol. The summed E-state index contributed by atoms with van der Waals surface area (Å²) in [5, 5.41) is 11.4. The molecule has 5 rings (SSSR count). The molecule has 0 unspecified atom stereocenters. The smallest absolute Gasteiger partial charge is 0.282 e. The van der Waals surface area contributed by atoms with E-state index in [1.807, 2.05) is 0 Å². The van der Waals surface area contributed by atoms with Crippen molar-refractivity contribution in [2.45, 2.75) is 81.5 Å². The molecule has 6 nitrogen and oxygen atoms in total. The molecule has 2 aliphatic rings. The number of fused-ring (bicyclic) bond motifs is 1.